The standard InChI is InChI=1S/C12H16N4O2S/c1-7-4-5-10(13)12(8(7)2)16-19(17,18)11-6-14-15-9(11)3/h4-6,16H,13H2,1-3H3,(H,14,15). The molecule has 102 valence electrons. The fourth-order valence-electron chi connectivity index (χ4n) is 1.77. The van der Waals surface area contributed by atoms with Crippen molar-refractivity contribution in [2.24, 2.45) is 0 Å². The van der Waals surface area contributed by atoms with E-state index in [9.17, 15) is 8.42 Å². The molecule has 1 aromatic carbocycles. The number of rotatable bonds is 3. The summed E-state index contributed by atoms with van der Waals surface area (Å²) in [5, 5.41) is 6.32. The summed E-state index contributed by atoms with van der Waals surface area (Å²) in [6.07, 6.45) is 1.28. The molecule has 2 rings (SSSR count). The predicted octanol–water partition coefficient (Wildman–Crippen LogP) is 1.72. The van der Waals surface area contributed by atoms with Crippen LogP contribution in [0.5, 0.6) is 0 Å². The van der Waals surface area contributed by atoms with Gasteiger partial charge in [-0.1, -0.05) is 6.07 Å². The molecule has 1 heterocycles. The largest absolute Gasteiger partial charge is 0.397 e. The van der Waals surface area contributed by atoms with E-state index in [4.69, 9.17) is 5.73 Å². The summed E-state index contributed by atoms with van der Waals surface area (Å²) < 4.78 is 27.1. The van der Waals surface area contributed by atoms with Gasteiger partial charge in [0.05, 0.1) is 23.3 Å². The van der Waals surface area contributed by atoms with Gasteiger partial charge in [0.2, 0.25) is 0 Å². The molecule has 7 heteroatoms. The zero-order valence-corrected chi connectivity index (χ0v) is 11.8. The first-order valence-corrected chi connectivity index (χ1v) is 7.19. The van der Waals surface area contributed by atoms with Gasteiger partial charge in [-0.3, -0.25) is 9.82 Å². The number of hydrogen-bond acceptors (Lipinski definition) is 4. The van der Waals surface area contributed by atoms with Crippen molar-refractivity contribution >= 4 is 21.4 Å². The number of nitrogens with zero attached hydrogens (tertiary/aromatic N) is 1. The summed E-state index contributed by atoms with van der Waals surface area (Å²) in [7, 11) is -3.69. The Kier molecular flexibility index (Phi) is 3.23. The Morgan fingerprint density at radius 1 is 1.26 bits per heavy atom. The summed E-state index contributed by atoms with van der Waals surface area (Å²) in [5.41, 5.74) is 8.91. The molecule has 2 aromatic rings. The number of nitrogen functional groups attached to an aromatic ring is 1. The van der Waals surface area contributed by atoms with Crippen LogP contribution in [0.4, 0.5) is 11.4 Å². The number of H-pyrrole nitrogens is 1. The molecule has 0 fully saturated rings. The zero-order chi connectivity index (χ0) is 14.2. The SMILES string of the molecule is Cc1ccc(N)c(NS(=O)(=O)c2cn[nH]c2C)c1C. The lowest BCUT2D eigenvalue weighted by Crippen LogP contribution is -2.15. The number of nitrogens with one attached hydrogen (secondary N) is 2. The summed E-state index contributed by atoms with van der Waals surface area (Å²) >= 11 is 0. The highest BCUT2D eigenvalue weighted by atomic mass is 32.2. The monoisotopic (exact) mass is 280 g/mol. The molecular formula is C12H16N4O2S. The second kappa shape index (κ2) is 4.58. The third-order valence-electron chi connectivity index (χ3n) is 3.08. The maximum absolute atomic E-state index is 12.3. The topological polar surface area (TPSA) is 101 Å². The van der Waals surface area contributed by atoms with Crippen LogP contribution in [0.3, 0.4) is 0 Å². The van der Waals surface area contributed by atoms with Crippen LogP contribution in [0, 0.1) is 20.8 Å². The number of sulfonamides is 1. The number of aryl methyl sites for hydroxylation is 2. The Hall–Kier alpha value is -2.02. The van der Waals surface area contributed by atoms with Crippen LogP contribution in [-0.2, 0) is 10.0 Å². The molecule has 6 nitrogen and oxygen atoms in total. The molecule has 0 unspecified atom stereocenters. The van der Waals surface area contributed by atoms with Gasteiger partial charge in [0, 0.05) is 0 Å². The molecule has 0 radical (unpaired) electrons. The van der Waals surface area contributed by atoms with E-state index in [2.05, 4.69) is 14.9 Å². The first kappa shape index (κ1) is 13.4. The summed E-state index contributed by atoms with van der Waals surface area (Å²) in [4.78, 5) is 0.118. The molecule has 0 spiro atoms. The lowest BCUT2D eigenvalue weighted by molar-refractivity contribution is 0.600. The minimum absolute atomic E-state index is 0.118. The van der Waals surface area contributed by atoms with Gasteiger partial charge in [-0.15, -0.1) is 0 Å². The minimum Gasteiger partial charge on any atom is -0.397 e. The van der Waals surface area contributed by atoms with Crippen LogP contribution in [0.1, 0.15) is 16.8 Å². The molecule has 19 heavy (non-hydrogen) atoms. The van der Waals surface area contributed by atoms with E-state index in [0.717, 1.165) is 11.1 Å². The van der Waals surface area contributed by atoms with Gasteiger partial charge in [-0.05, 0) is 38.0 Å². The van der Waals surface area contributed by atoms with E-state index in [-0.39, 0.29) is 4.90 Å². The summed E-state index contributed by atoms with van der Waals surface area (Å²) in [6.45, 7) is 5.37. The molecule has 1 aromatic heterocycles. The minimum atomic E-state index is -3.69. The van der Waals surface area contributed by atoms with E-state index in [1.165, 1.54) is 6.20 Å². The van der Waals surface area contributed by atoms with Crippen LogP contribution >= 0.6 is 0 Å². The Labute approximate surface area is 112 Å². The van der Waals surface area contributed by atoms with Crippen LogP contribution in [0.25, 0.3) is 0 Å². The Morgan fingerprint density at radius 2 is 1.95 bits per heavy atom. The van der Waals surface area contributed by atoms with Crippen LogP contribution in [0.2, 0.25) is 0 Å². The number of anilines is 2. The highest BCUT2D eigenvalue weighted by Crippen LogP contribution is 2.28. The average Bonchev–Trinajstić information content (AvgIpc) is 2.77. The van der Waals surface area contributed by atoms with Gasteiger partial charge in [0.15, 0.2) is 0 Å². The van der Waals surface area contributed by atoms with E-state index in [1.807, 2.05) is 19.9 Å². The third-order valence-corrected chi connectivity index (χ3v) is 4.54. The van der Waals surface area contributed by atoms with Gasteiger partial charge >= 0.3 is 0 Å². The number of hydrogen-bond donors (Lipinski definition) is 3. The van der Waals surface area contributed by atoms with E-state index in [0.29, 0.717) is 17.1 Å². The molecule has 0 aliphatic rings. The molecule has 0 aliphatic carbocycles. The van der Waals surface area contributed by atoms with Crippen molar-refractivity contribution in [1.82, 2.24) is 10.2 Å². The summed E-state index contributed by atoms with van der Waals surface area (Å²) in [6, 6.07) is 3.54. The Balaban J connectivity index is 2.48. The van der Waals surface area contributed by atoms with Gasteiger partial charge in [-0.2, -0.15) is 5.10 Å². The predicted molar refractivity (Wildman–Crippen MR) is 74.5 cm³/mol. The number of nitrogens with two attached hydrogens (primary N) is 1. The number of aromatic nitrogens is 2. The highest BCUT2D eigenvalue weighted by Gasteiger charge is 2.20. The molecule has 0 saturated carbocycles. The molecule has 4 N–H and O–H groups in total. The van der Waals surface area contributed by atoms with Crippen molar-refractivity contribution in [1.29, 1.82) is 0 Å². The van der Waals surface area contributed by atoms with Gasteiger partial charge in [-0.25, -0.2) is 8.42 Å². The van der Waals surface area contributed by atoms with Crippen LogP contribution in [-0.4, -0.2) is 18.6 Å². The fraction of sp³-hybridized carbons (Fsp3) is 0.250. The smallest absolute Gasteiger partial charge is 0.265 e. The van der Waals surface area contributed by atoms with Gasteiger partial charge in [0.1, 0.15) is 4.90 Å². The highest BCUT2D eigenvalue weighted by molar-refractivity contribution is 7.92. The quantitative estimate of drug-likeness (QED) is 0.745. The van der Waals surface area contributed by atoms with E-state index >= 15 is 0 Å². The molecular weight excluding hydrogens is 264 g/mol. The van der Waals surface area contributed by atoms with Crippen molar-refractivity contribution in [2.75, 3.05) is 10.5 Å². The molecule has 0 aliphatic heterocycles. The van der Waals surface area contributed by atoms with Gasteiger partial charge in [0.25, 0.3) is 10.0 Å². The zero-order valence-electron chi connectivity index (χ0n) is 11.0. The van der Waals surface area contributed by atoms with Crippen LogP contribution < -0.4 is 10.5 Å². The number of benzene rings is 1. The maximum atomic E-state index is 12.3. The van der Waals surface area contributed by atoms with Crippen molar-refractivity contribution in [2.45, 2.75) is 25.7 Å². The molecule has 0 saturated heterocycles. The first-order valence-electron chi connectivity index (χ1n) is 5.71. The fourth-order valence-corrected chi connectivity index (χ4v) is 3.06. The normalized spacial score (nSPS) is 11.5. The lowest BCUT2D eigenvalue weighted by Gasteiger charge is -2.14. The second-order valence-corrected chi connectivity index (χ2v) is 6.09. The first-order chi connectivity index (χ1) is 8.83. The van der Waals surface area contributed by atoms with Crippen molar-refractivity contribution < 1.29 is 8.42 Å². The lowest BCUT2D eigenvalue weighted by atomic mass is 10.1. The van der Waals surface area contributed by atoms with Crippen molar-refractivity contribution in [3.63, 3.8) is 0 Å². The Bertz CT molecular complexity index is 719. The molecule has 0 amide bonds. The van der Waals surface area contributed by atoms with Crippen molar-refractivity contribution in [3.8, 4) is 0 Å². The van der Waals surface area contributed by atoms with E-state index in [1.54, 1.807) is 13.0 Å². The van der Waals surface area contributed by atoms with Crippen LogP contribution in [0.15, 0.2) is 23.2 Å². The van der Waals surface area contributed by atoms with E-state index < -0.39 is 10.0 Å². The third kappa shape index (κ3) is 2.41. The maximum Gasteiger partial charge on any atom is 0.265 e. The van der Waals surface area contributed by atoms with Gasteiger partial charge < -0.3 is 5.73 Å². The van der Waals surface area contributed by atoms with Crippen molar-refractivity contribution in [3.05, 3.63) is 35.2 Å². The molecule has 0 bridgehead atoms. The number of aromatic amines is 1. The molecule has 0 atom stereocenters. The average molecular weight is 280 g/mol. The Morgan fingerprint density at radius 3 is 2.53 bits per heavy atom. The second-order valence-electron chi connectivity index (χ2n) is 4.44. The summed E-state index contributed by atoms with van der Waals surface area (Å²) in [5.74, 6) is 0.